The molecular weight excluding hydrogens is 305 g/mol. The Bertz CT molecular complexity index is 714. The average Bonchev–Trinajstić information content (AvgIpc) is 2.57. The van der Waals surface area contributed by atoms with E-state index in [-0.39, 0.29) is 17.8 Å². The fourth-order valence-electron chi connectivity index (χ4n) is 3.54. The highest BCUT2D eigenvalue weighted by Gasteiger charge is 2.31. The summed E-state index contributed by atoms with van der Waals surface area (Å²) in [6.45, 7) is 3.41. The van der Waals surface area contributed by atoms with Crippen molar-refractivity contribution in [2.45, 2.75) is 25.8 Å². The molecular formula is C20H22FNO2. The van der Waals surface area contributed by atoms with Gasteiger partial charge in [-0.3, -0.25) is 9.69 Å². The predicted octanol–water partition coefficient (Wildman–Crippen LogP) is 4.02. The maximum Gasteiger partial charge on any atom is 0.307 e. The number of aliphatic carboxylic acids is 1. The molecule has 0 spiro atoms. The smallest absolute Gasteiger partial charge is 0.307 e. The average molecular weight is 327 g/mol. The second-order valence-electron chi connectivity index (χ2n) is 6.54. The maximum absolute atomic E-state index is 13.3. The zero-order chi connectivity index (χ0) is 17.1. The van der Waals surface area contributed by atoms with Crippen LogP contribution in [0, 0.1) is 18.7 Å². The van der Waals surface area contributed by atoms with Gasteiger partial charge in [0.1, 0.15) is 5.82 Å². The molecule has 4 heteroatoms. The second-order valence-corrected chi connectivity index (χ2v) is 6.54. The Morgan fingerprint density at radius 3 is 2.62 bits per heavy atom. The molecule has 0 bridgehead atoms. The molecule has 1 fully saturated rings. The highest BCUT2D eigenvalue weighted by atomic mass is 19.1. The van der Waals surface area contributed by atoms with E-state index in [0.29, 0.717) is 6.54 Å². The molecule has 2 atom stereocenters. The number of benzene rings is 2. The fourth-order valence-corrected chi connectivity index (χ4v) is 3.54. The number of carbonyl (C=O) groups is 1. The molecule has 2 unspecified atom stereocenters. The van der Waals surface area contributed by atoms with Crippen LogP contribution in [0.3, 0.4) is 0 Å². The number of carboxylic acids is 1. The Kier molecular flexibility index (Phi) is 4.95. The molecule has 1 saturated heterocycles. The molecule has 0 saturated carbocycles. The van der Waals surface area contributed by atoms with E-state index in [1.54, 1.807) is 12.1 Å². The van der Waals surface area contributed by atoms with Crippen LogP contribution in [0.5, 0.6) is 0 Å². The summed E-state index contributed by atoms with van der Waals surface area (Å²) in [6.07, 6.45) is 1.58. The number of carboxylic acid groups (broad SMARTS) is 1. The Morgan fingerprint density at radius 2 is 1.96 bits per heavy atom. The molecule has 3 rings (SSSR count). The zero-order valence-electron chi connectivity index (χ0n) is 13.8. The highest BCUT2D eigenvalue weighted by Crippen LogP contribution is 2.33. The van der Waals surface area contributed by atoms with Crippen molar-refractivity contribution in [3.63, 3.8) is 0 Å². The largest absolute Gasteiger partial charge is 0.481 e. The van der Waals surface area contributed by atoms with Crippen LogP contribution < -0.4 is 0 Å². The number of nitrogens with zero attached hydrogens (tertiary/aromatic N) is 1. The normalized spacial score (nSPS) is 19.8. The zero-order valence-corrected chi connectivity index (χ0v) is 13.8. The number of rotatable bonds is 4. The lowest BCUT2D eigenvalue weighted by Crippen LogP contribution is -2.41. The molecule has 0 radical (unpaired) electrons. The SMILES string of the molecule is Cc1cccc(C(c2ccc(F)cc2)N2CCCC(C(=O)O)C2)c1. The number of halogens is 1. The van der Waals surface area contributed by atoms with Crippen molar-refractivity contribution in [1.29, 1.82) is 0 Å². The van der Waals surface area contributed by atoms with E-state index < -0.39 is 5.97 Å². The van der Waals surface area contributed by atoms with Crippen LogP contribution in [0.2, 0.25) is 0 Å². The van der Waals surface area contributed by atoms with Gasteiger partial charge >= 0.3 is 5.97 Å². The summed E-state index contributed by atoms with van der Waals surface area (Å²) in [5.74, 6) is -1.34. The van der Waals surface area contributed by atoms with Gasteiger partial charge in [0, 0.05) is 6.54 Å². The Morgan fingerprint density at radius 1 is 1.21 bits per heavy atom. The van der Waals surface area contributed by atoms with Gasteiger partial charge in [-0.25, -0.2) is 4.39 Å². The molecule has 1 heterocycles. The molecule has 2 aromatic carbocycles. The Balaban J connectivity index is 1.98. The maximum atomic E-state index is 13.3. The Hall–Kier alpha value is -2.20. The molecule has 3 nitrogen and oxygen atoms in total. The molecule has 1 aliphatic heterocycles. The topological polar surface area (TPSA) is 40.5 Å². The van der Waals surface area contributed by atoms with E-state index in [4.69, 9.17) is 0 Å². The lowest BCUT2D eigenvalue weighted by molar-refractivity contribution is -0.143. The first-order valence-corrected chi connectivity index (χ1v) is 8.33. The van der Waals surface area contributed by atoms with Crippen LogP contribution in [0.25, 0.3) is 0 Å². The number of hydrogen-bond donors (Lipinski definition) is 1. The van der Waals surface area contributed by atoms with Gasteiger partial charge in [-0.05, 0) is 49.6 Å². The van der Waals surface area contributed by atoms with Gasteiger partial charge in [-0.1, -0.05) is 42.0 Å². The third-order valence-corrected chi connectivity index (χ3v) is 4.71. The minimum absolute atomic E-state index is 0.0485. The van der Waals surface area contributed by atoms with Crippen molar-refractivity contribution in [3.8, 4) is 0 Å². The molecule has 126 valence electrons. The molecule has 0 aliphatic carbocycles. The minimum atomic E-state index is -0.734. The summed E-state index contributed by atoms with van der Waals surface area (Å²) in [7, 11) is 0. The van der Waals surface area contributed by atoms with Crippen LogP contribution in [-0.2, 0) is 4.79 Å². The first kappa shape index (κ1) is 16.7. The molecule has 0 amide bonds. The standard InChI is InChI=1S/C20H22FNO2/c1-14-4-2-5-16(12-14)19(15-7-9-18(21)10-8-15)22-11-3-6-17(13-22)20(23)24/h2,4-5,7-10,12,17,19H,3,6,11,13H2,1H3,(H,23,24). The molecule has 1 N–H and O–H groups in total. The Labute approximate surface area is 141 Å². The lowest BCUT2D eigenvalue weighted by Gasteiger charge is -2.37. The van der Waals surface area contributed by atoms with Crippen LogP contribution in [0.4, 0.5) is 4.39 Å². The summed E-state index contributed by atoms with van der Waals surface area (Å²) in [5, 5.41) is 9.38. The van der Waals surface area contributed by atoms with Gasteiger partial charge < -0.3 is 5.11 Å². The van der Waals surface area contributed by atoms with Crippen molar-refractivity contribution in [1.82, 2.24) is 4.90 Å². The third kappa shape index (κ3) is 3.65. The van der Waals surface area contributed by atoms with Gasteiger partial charge in [0.15, 0.2) is 0 Å². The highest BCUT2D eigenvalue weighted by molar-refractivity contribution is 5.70. The summed E-state index contributed by atoms with van der Waals surface area (Å²) in [4.78, 5) is 13.6. The first-order chi connectivity index (χ1) is 11.5. The van der Waals surface area contributed by atoms with E-state index in [1.165, 1.54) is 12.1 Å². The molecule has 24 heavy (non-hydrogen) atoms. The summed E-state index contributed by atoms with van der Waals surface area (Å²) >= 11 is 0. The van der Waals surface area contributed by atoms with Crippen molar-refractivity contribution >= 4 is 5.97 Å². The summed E-state index contributed by atoms with van der Waals surface area (Å²) in [6, 6.07) is 14.7. The van der Waals surface area contributed by atoms with Crippen LogP contribution in [0.15, 0.2) is 48.5 Å². The van der Waals surface area contributed by atoms with Crippen LogP contribution in [-0.4, -0.2) is 29.1 Å². The third-order valence-electron chi connectivity index (χ3n) is 4.71. The predicted molar refractivity (Wildman–Crippen MR) is 91.4 cm³/mol. The van der Waals surface area contributed by atoms with E-state index in [0.717, 1.165) is 36.1 Å². The first-order valence-electron chi connectivity index (χ1n) is 8.33. The number of aryl methyl sites for hydroxylation is 1. The van der Waals surface area contributed by atoms with Crippen molar-refractivity contribution in [2.24, 2.45) is 5.92 Å². The van der Waals surface area contributed by atoms with E-state index in [1.807, 2.05) is 19.1 Å². The summed E-state index contributed by atoms with van der Waals surface area (Å²) in [5.41, 5.74) is 3.27. The van der Waals surface area contributed by atoms with Gasteiger partial charge in [0.2, 0.25) is 0 Å². The number of likely N-dealkylation sites (tertiary alicyclic amines) is 1. The van der Waals surface area contributed by atoms with Crippen molar-refractivity contribution < 1.29 is 14.3 Å². The number of piperidine rings is 1. The lowest BCUT2D eigenvalue weighted by atomic mass is 9.91. The van der Waals surface area contributed by atoms with Crippen molar-refractivity contribution in [2.75, 3.05) is 13.1 Å². The van der Waals surface area contributed by atoms with E-state index >= 15 is 0 Å². The van der Waals surface area contributed by atoms with Crippen LogP contribution >= 0.6 is 0 Å². The van der Waals surface area contributed by atoms with E-state index in [9.17, 15) is 14.3 Å². The van der Waals surface area contributed by atoms with E-state index in [2.05, 4.69) is 17.0 Å². The monoisotopic (exact) mass is 327 g/mol. The molecule has 0 aromatic heterocycles. The second kappa shape index (κ2) is 7.14. The minimum Gasteiger partial charge on any atom is -0.481 e. The van der Waals surface area contributed by atoms with Crippen molar-refractivity contribution in [3.05, 3.63) is 71.0 Å². The fraction of sp³-hybridized carbons (Fsp3) is 0.350. The quantitative estimate of drug-likeness (QED) is 0.922. The van der Waals surface area contributed by atoms with Crippen LogP contribution in [0.1, 0.15) is 35.6 Å². The molecule has 2 aromatic rings. The summed E-state index contributed by atoms with van der Waals surface area (Å²) < 4.78 is 13.3. The number of hydrogen-bond acceptors (Lipinski definition) is 2. The van der Waals surface area contributed by atoms with Gasteiger partial charge in [0.25, 0.3) is 0 Å². The molecule has 1 aliphatic rings. The van der Waals surface area contributed by atoms with Gasteiger partial charge in [-0.15, -0.1) is 0 Å². The van der Waals surface area contributed by atoms with Gasteiger partial charge in [0.05, 0.1) is 12.0 Å². The van der Waals surface area contributed by atoms with Gasteiger partial charge in [-0.2, -0.15) is 0 Å².